The van der Waals surface area contributed by atoms with E-state index >= 15 is 0 Å². The molecule has 2 nitrogen and oxygen atoms in total. The van der Waals surface area contributed by atoms with E-state index in [1.807, 2.05) is 0 Å². The summed E-state index contributed by atoms with van der Waals surface area (Å²) in [4.78, 5) is 2.53. The Hall–Kier alpha value is -0.220. The summed E-state index contributed by atoms with van der Waals surface area (Å²) < 4.78 is 33.2. The minimum absolute atomic E-state index is 0.0471. The predicted molar refractivity (Wildman–Crippen MR) is 75.0 cm³/mol. The average molecular weight is 287 g/mol. The van der Waals surface area contributed by atoms with Crippen LogP contribution in [0.3, 0.4) is 0 Å². The third kappa shape index (κ3) is 3.01. The van der Waals surface area contributed by atoms with Crippen LogP contribution in [0, 0.1) is 11.8 Å². The van der Waals surface area contributed by atoms with Gasteiger partial charge < -0.3 is 9.64 Å². The highest BCUT2D eigenvalue weighted by Crippen LogP contribution is 2.42. The molecule has 2 bridgehead atoms. The van der Waals surface area contributed by atoms with E-state index in [0.717, 1.165) is 19.5 Å². The highest BCUT2D eigenvalue weighted by atomic mass is 19.3. The van der Waals surface area contributed by atoms with Gasteiger partial charge in [0.1, 0.15) is 0 Å². The molecule has 3 aliphatic rings. The molecule has 0 N–H and O–H groups in total. The van der Waals surface area contributed by atoms with Crippen LogP contribution in [0.5, 0.6) is 0 Å². The SMILES string of the molecule is CC(C)N1C[C@H]2CC[C@@H](C1)C2O[C@H]1CCCC(F)(F)C1. The van der Waals surface area contributed by atoms with Crippen molar-refractivity contribution in [3.05, 3.63) is 0 Å². The molecule has 4 atom stereocenters. The van der Waals surface area contributed by atoms with Gasteiger partial charge in [0, 0.05) is 32.0 Å². The second-order valence-electron chi connectivity index (χ2n) is 7.32. The van der Waals surface area contributed by atoms with Gasteiger partial charge in [0.2, 0.25) is 0 Å². The Morgan fingerprint density at radius 2 is 1.75 bits per heavy atom. The summed E-state index contributed by atoms with van der Waals surface area (Å²) >= 11 is 0. The Morgan fingerprint density at radius 1 is 1.10 bits per heavy atom. The number of rotatable bonds is 3. The molecule has 0 radical (unpaired) electrons. The molecule has 1 heterocycles. The molecule has 1 unspecified atom stereocenters. The number of ether oxygens (including phenoxy) is 1. The van der Waals surface area contributed by atoms with Crippen LogP contribution < -0.4 is 0 Å². The van der Waals surface area contributed by atoms with Gasteiger partial charge in [0.25, 0.3) is 5.92 Å². The molecular formula is C16H27F2NO. The van der Waals surface area contributed by atoms with Crippen molar-refractivity contribution in [3.63, 3.8) is 0 Å². The standard InChI is InChI=1S/C16H27F2NO/c1-11(2)19-9-12-5-6-13(10-19)15(12)20-14-4-3-7-16(17,18)8-14/h11-15H,3-10H2,1-2H3/t12-,13+,14-,15?/m0/s1. The molecule has 0 spiro atoms. The van der Waals surface area contributed by atoms with Gasteiger partial charge in [-0.1, -0.05) is 0 Å². The molecule has 0 aromatic rings. The third-order valence-corrected chi connectivity index (χ3v) is 5.45. The van der Waals surface area contributed by atoms with Gasteiger partial charge in [0.15, 0.2) is 0 Å². The smallest absolute Gasteiger partial charge is 0.250 e. The lowest BCUT2D eigenvalue weighted by Crippen LogP contribution is -2.50. The molecule has 116 valence electrons. The summed E-state index contributed by atoms with van der Waals surface area (Å²) in [7, 11) is 0. The van der Waals surface area contributed by atoms with E-state index in [0.29, 0.717) is 24.3 Å². The molecule has 1 saturated heterocycles. The quantitative estimate of drug-likeness (QED) is 0.785. The second kappa shape index (κ2) is 5.53. The van der Waals surface area contributed by atoms with E-state index in [4.69, 9.17) is 4.74 Å². The predicted octanol–water partition coefficient (Wildman–Crippen LogP) is 3.70. The van der Waals surface area contributed by atoms with Crippen molar-refractivity contribution in [1.82, 2.24) is 4.90 Å². The minimum Gasteiger partial charge on any atom is -0.374 e. The van der Waals surface area contributed by atoms with Crippen LogP contribution in [0.25, 0.3) is 0 Å². The van der Waals surface area contributed by atoms with Gasteiger partial charge in [-0.05, 0) is 51.4 Å². The Bertz CT molecular complexity index is 333. The highest BCUT2D eigenvalue weighted by molar-refractivity contribution is 4.95. The number of hydrogen-bond acceptors (Lipinski definition) is 2. The number of fused-ring (bicyclic) bond motifs is 2. The van der Waals surface area contributed by atoms with Crippen molar-refractivity contribution in [2.75, 3.05) is 13.1 Å². The van der Waals surface area contributed by atoms with Gasteiger partial charge in [-0.3, -0.25) is 0 Å². The molecule has 2 saturated carbocycles. The van der Waals surface area contributed by atoms with E-state index in [9.17, 15) is 8.78 Å². The minimum atomic E-state index is -2.50. The summed E-state index contributed by atoms with van der Waals surface area (Å²) in [5.74, 6) is -1.38. The number of likely N-dealkylation sites (tertiary alicyclic amines) is 1. The topological polar surface area (TPSA) is 12.5 Å². The zero-order valence-electron chi connectivity index (χ0n) is 12.7. The molecule has 1 aliphatic heterocycles. The summed E-state index contributed by atoms with van der Waals surface area (Å²) in [6, 6.07) is 0.582. The van der Waals surface area contributed by atoms with E-state index in [1.165, 1.54) is 12.8 Å². The summed E-state index contributed by atoms with van der Waals surface area (Å²) in [6.07, 6.45) is 3.87. The van der Waals surface area contributed by atoms with Crippen LogP contribution >= 0.6 is 0 Å². The largest absolute Gasteiger partial charge is 0.374 e. The maximum Gasteiger partial charge on any atom is 0.250 e. The third-order valence-electron chi connectivity index (χ3n) is 5.45. The zero-order valence-corrected chi connectivity index (χ0v) is 12.7. The Kier molecular flexibility index (Phi) is 4.06. The van der Waals surface area contributed by atoms with Gasteiger partial charge in [-0.15, -0.1) is 0 Å². The first-order valence-electron chi connectivity index (χ1n) is 8.22. The van der Waals surface area contributed by atoms with E-state index in [2.05, 4.69) is 18.7 Å². The highest BCUT2D eigenvalue weighted by Gasteiger charge is 2.46. The molecule has 0 aromatic carbocycles. The Morgan fingerprint density at radius 3 is 2.30 bits per heavy atom. The van der Waals surface area contributed by atoms with Crippen molar-refractivity contribution in [2.24, 2.45) is 11.8 Å². The van der Waals surface area contributed by atoms with Crippen LogP contribution in [0.4, 0.5) is 8.78 Å². The van der Waals surface area contributed by atoms with Crippen molar-refractivity contribution in [1.29, 1.82) is 0 Å². The maximum absolute atomic E-state index is 13.5. The summed E-state index contributed by atoms with van der Waals surface area (Å²) in [5, 5.41) is 0. The molecule has 3 fully saturated rings. The molecule has 20 heavy (non-hydrogen) atoms. The van der Waals surface area contributed by atoms with Crippen LogP contribution in [-0.2, 0) is 4.74 Å². The molecule has 4 heteroatoms. The maximum atomic E-state index is 13.5. The van der Waals surface area contributed by atoms with Crippen molar-refractivity contribution in [2.45, 2.75) is 76.5 Å². The van der Waals surface area contributed by atoms with Gasteiger partial charge >= 0.3 is 0 Å². The van der Waals surface area contributed by atoms with Crippen LogP contribution in [0.1, 0.15) is 52.4 Å². The van der Waals surface area contributed by atoms with Crippen molar-refractivity contribution >= 4 is 0 Å². The number of alkyl halides is 2. The van der Waals surface area contributed by atoms with Crippen LogP contribution in [0.15, 0.2) is 0 Å². The average Bonchev–Trinajstić information content (AvgIpc) is 2.60. The molecule has 0 aromatic heterocycles. The van der Waals surface area contributed by atoms with E-state index < -0.39 is 5.92 Å². The first-order valence-corrected chi connectivity index (χ1v) is 8.22. The van der Waals surface area contributed by atoms with Crippen molar-refractivity contribution < 1.29 is 13.5 Å². The first kappa shape index (κ1) is 14.7. The van der Waals surface area contributed by atoms with E-state index in [1.54, 1.807) is 0 Å². The summed E-state index contributed by atoms with van der Waals surface area (Å²) in [5.41, 5.74) is 0. The van der Waals surface area contributed by atoms with Crippen molar-refractivity contribution in [3.8, 4) is 0 Å². The Labute approximate surface area is 120 Å². The summed E-state index contributed by atoms with van der Waals surface area (Å²) in [6.45, 7) is 6.65. The zero-order chi connectivity index (χ0) is 14.3. The van der Waals surface area contributed by atoms with Crippen LogP contribution in [0.2, 0.25) is 0 Å². The number of hydrogen-bond donors (Lipinski definition) is 0. The lowest BCUT2D eigenvalue weighted by Gasteiger charge is -2.42. The van der Waals surface area contributed by atoms with E-state index in [-0.39, 0.29) is 25.0 Å². The lowest BCUT2D eigenvalue weighted by atomic mass is 9.91. The number of piperidine rings is 1. The second-order valence-corrected chi connectivity index (χ2v) is 7.32. The monoisotopic (exact) mass is 287 g/mol. The first-order chi connectivity index (χ1) is 9.44. The normalized spacial score (nSPS) is 41.2. The molecule has 2 aliphatic carbocycles. The number of nitrogens with zero attached hydrogens (tertiary/aromatic N) is 1. The van der Waals surface area contributed by atoms with Crippen LogP contribution in [-0.4, -0.2) is 42.2 Å². The number of halogens is 2. The van der Waals surface area contributed by atoms with Gasteiger partial charge in [0.05, 0.1) is 12.2 Å². The fraction of sp³-hybridized carbons (Fsp3) is 1.00. The molecular weight excluding hydrogens is 260 g/mol. The van der Waals surface area contributed by atoms with Gasteiger partial charge in [-0.2, -0.15) is 0 Å². The fourth-order valence-electron chi connectivity index (χ4n) is 4.32. The Balaban J connectivity index is 1.59. The molecule has 3 rings (SSSR count). The lowest BCUT2D eigenvalue weighted by molar-refractivity contribution is -0.142. The molecule has 0 amide bonds. The van der Waals surface area contributed by atoms with Gasteiger partial charge in [-0.25, -0.2) is 8.78 Å². The fourth-order valence-corrected chi connectivity index (χ4v) is 4.32.